The van der Waals surface area contributed by atoms with Crippen LogP contribution in [0.2, 0.25) is 0 Å². The molecule has 13 heteroatoms. The number of alkyl halides is 6. The molecule has 1 heterocycles. The van der Waals surface area contributed by atoms with Crippen molar-refractivity contribution in [2.75, 3.05) is 0 Å². The minimum Gasteiger partial charge on any atom is -0.445 e. The second-order valence-electron chi connectivity index (χ2n) is 12.3. The van der Waals surface area contributed by atoms with Gasteiger partial charge in [0.05, 0.1) is 23.3 Å². The maximum absolute atomic E-state index is 13.9. The Balaban J connectivity index is 1.35. The molecule has 3 aromatic rings. The van der Waals surface area contributed by atoms with E-state index >= 15 is 0 Å². The monoisotopic (exact) mass is 666 g/mol. The highest BCUT2D eigenvalue weighted by atomic mass is 19.4. The van der Waals surface area contributed by atoms with Crippen molar-refractivity contribution >= 4 is 12.0 Å². The summed E-state index contributed by atoms with van der Waals surface area (Å²) in [6, 6.07) is 15.4. The number of amides is 2. The molecule has 2 amide bonds. The molecule has 1 aliphatic heterocycles. The number of hydrogen-bond acceptors (Lipinski definition) is 4. The van der Waals surface area contributed by atoms with Crippen LogP contribution in [0.25, 0.3) is 0 Å². The number of rotatable bonds is 8. The first-order valence-corrected chi connectivity index (χ1v) is 15.0. The van der Waals surface area contributed by atoms with E-state index in [1.165, 1.54) is 19.1 Å². The van der Waals surface area contributed by atoms with Crippen LogP contribution < -0.4 is 10.6 Å². The van der Waals surface area contributed by atoms with E-state index in [9.17, 15) is 40.3 Å². The molecule has 0 unspecified atom stereocenters. The normalized spacial score (nSPS) is 25.3. The molecule has 47 heavy (non-hydrogen) atoms. The molecule has 5 rings (SSSR count). The molecule has 6 nitrogen and oxygen atoms in total. The van der Waals surface area contributed by atoms with Crippen LogP contribution in [0.1, 0.15) is 72.9 Å². The molecule has 0 radical (unpaired) electrons. The maximum Gasteiger partial charge on any atom is 0.416 e. The molecule has 3 aromatic carbocycles. The van der Waals surface area contributed by atoms with Crippen molar-refractivity contribution in [2.24, 2.45) is 5.92 Å². The van der Waals surface area contributed by atoms with Gasteiger partial charge in [-0.25, -0.2) is 9.18 Å². The first-order chi connectivity index (χ1) is 22.0. The first-order valence-electron chi connectivity index (χ1n) is 15.0. The third kappa shape index (κ3) is 7.89. The lowest BCUT2D eigenvalue weighted by molar-refractivity contribution is -0.143. The fraction of sp³-hybridized carbons (Fsp3) is 0.412. The summed E-state index contributed by atoms with van der Waals surface area (Å²) in [6.07, 6.45) is -11.7. The van der Waals surface area contributed by atoms with Crippen molar-refractivity contribution in [3.63, 3.8) is 0 Å². The number of benzene rings is 3. The summed E-state index contributed by atoms with van der Waals surface area (Å²) in [7, 11) is 0. The maximum atomic E-state index is 13.9. The van der Waals surface area contributed by atoms with Gasteiger partial charge in [0.1, 0.15) is 18.0 Å². The summed E-state index contributed by atoms with van der Waals surface area (Å²) in [5.74, 6) is -1.78. The number of alkyl carbamates (subject to hydrolysis) is 1. The number of nitrogens with one attached hydrogen (secondary N) is 2. The predicted molar refractivity (Wildman–Crippen MR) is 156 cm³/mol. The number of hydrogen-bond donors (Lipinski definition) is 2. The standard InChI is InChI=1S/C34H33F7N2O4/c1-19(22-14-23(33(36,37)38)16-24(15-22)34(39,40)41)47-28-13-12-26(29(28)21-8-10-25(35)11-9-21)27-17-32(2,30(44)42-27)43-31(45)46-18-20-6-4-3-5-7-20/h3-11,14-16,19,26-29H,12-13,17-18H2,1-2H3,(H,42,44)(H,43,45)/t19-,26+,27+,28+,29+,32-/m1/s1. The van der Waals surface area contributed by atoms with Gasteiger partial charge in [-0.1, -0.05) is 42.5 Å². The van der Waals surface area contributed by atoms with Gasteiger partial charge in [0, 0.05) is 12.0 Å². The zero-order chi connectivity index (χ0) is 34.1. The first kappa shape index (κ1) is 34.2. The average molecular weight is 667 g/mol. The molecule has 0 spiro atoms. The Hall–Kier alpha value is -4.13. The minimum absolute atomic E-state index is 0.00336. The molecule has 2 fully saturated rings. The van der Waals surface area contributed by atoms with Gasteiger partial charge < -0.3 is 20.1 Å². The zero-order valence-corrected chi connectivity index (χ0v) is 25.4. The molecule has 2 N–H and O–H groups in total. The van der Waals surface area contributed by atoms with Crippen LogP contribution in [0.3, 0.4) is 0 Å². The third-order valence-corrected chi connectivity index (χ3v) is 8.91. The summed E-state index contributed by atoms with van der Waals surface area (Å²) >= 11 is 0. The van der Waals surface area contributed by atoms with Gasteiger partial charge in [0.2, 0.25) is 5.91 Å². The van der Waals surface area contributed by atoms with Crippen molar-refractivity contribution in [3.8, 4) is 0 Å². The Morgan fingerprint density at radius 2 is 1.57 bits per heavy atom. The van der Waals surface area contributed by atoms with E-state index in [0.717, 1.165) is 5.56 Å². The van der Waals surface area contributed by atoms with E-state index in [4.69, 9.17) is 9.47 Å². The van der Waals surface area contributed by atoms with Crippen molar-refractivity contribution in [2.45, 2.75) is 81.8 Å². The van der Waals surface area contributed by atoms with E-state index in [-0.39, 0.29) is 30.6 Å². The molecular weight excluding hydrogens is 633 g/mol. The Morgan fingerprint density at radius 1 is 0.957 bits per heavy atom. The number of carbonyl (C=O) groups is 2. The fourth-order valence-corrected chi connectivity index (χ4v) is 6.56. The van der Waals surface area contributed by atoms with Crippen LogP contribution in [0.5, 0.6) is 0 Å². The lowest BCUT2D eigenvalue weighted by atomic mass is 9.80. The summed E-state index contributed by atoms with van der Waals surface area (Å²) in [5, 5.41) is 5.59. The Bertz CT molecular complexity index is 1550. The van der Waals surface area contributed by atoms with Gasteiger partial charge in [-0.2, -0.15) is 26.3 Å². The van der Waals surface area contributed by atoms with Gasteiger partial charge in [0.25, 0.3) is 0 Å². The molecule has 0 bridgehead atoms. The highest BCUT2D eigenvalue weighted by molar-refractivity contribution is 5.91. The second-order valence-corrected chi connectivity index (χ2v) is 12.3. The Labute approximate surface area is 266 Å². The van der Waals surface area contributed by atoms with Gasteiger partial charge in [0.15, 0.2) is 0 Å². The largest absolute Gasteiger partial charge is 0.445 e. The molecule has 1 aliphatic carbocycles. The van der Waals surface area contributed by atoms with Gasteiger partial charge in [-0.05, 0) is 86.1 Å². The van der Waals surface area contributed by atoms with E-state index in [1.807, 2.05) is 6.07 Å². The van der Waals surface area contributed by atoms with E-state index in [2.05, 4.69) is 10.6 Å². The van der Waals surface area contributed by atoms with Gasteiger partial charge >= 0.3 is 18.4 Å². The number of carbonyl (C=O) groups excluding carboxylic acids is 2. The second kappa shape index (κ2) is 13.2. The van der Waals surface area contributed by atoms with Crippen LogP contribution >= 0.6 is 0 Å². The van der Waals surface area contributed by atoms with Gasteiger partial charge in [-0.15, -0.1) is 0 Å². The van der Waals surface area contributed by atoms with Crippen molar-refractivity contribution in [1.29, 1.82) is 0 Å². The predicted octanol–water partition coefficient (Wildman–Crippen LogP) is 8.08. The van der Waals surface area contributed by atoms with Crippen molar-refractivity contribution in [1.82, 2.24) is 10.6 Å². The van der Waals surface area contributed by atoms with Crippen LogP contribution in [0.15, 0.2) is 72.8 Å². The van der Waals surface area contributed by atoms with Crippen molar-refractivity contribution in [3.05, 3.63) is 106 Å². The lowest BCUT2D eigenvalue weighted by Gasteiger charge is -2.31. The smallest absolute Gasteiger partial charge is 0.416 e. The molecule has 1 saturated heterocycles. The quantitative estimate of drug-likeness (QED) is 0.239. The lowest BCUT2D eigenvalue weighted by Crippen LogP contribution is -2.51. The summed E-state index contributed by atoms with van der Waals surface area (Å²) in [5.41, 5.74) is -3.13. The Kier molecular flexibility index (Phi) is 9.59. The summed E-state index contributed by atoms with van der Waals surface area (Å²) < 4.78 is 107. The summed E-state index contributed by atoms with van der Waals surface area (Å²) in [4.78, 5) is 25.8. The third-order valence-electron chi connectivity index (χ3n) is 8.91. The molecule has 6 atom stereocenters. The molecular formula is C34H33F7N2O4. The highest BCUT2D eigenvalue weighted by Crippen LogP contribution is 2.48. The van der Waals surface area contributed by atoms with Crippen LogP contribution in [0, 0.1) is 11.7 Å². The van der Waals surface area contributed by atoms with Crippen LogP contribution in [0.4, 0.5) is 35.5 Å². The Morgan fingerprint density at radius 3 is 2.17 bits per heavy atom. The average Bonchev–Trinajstić information content (AvgIpc) is 3.55. The van der Waals surface area contributed by atoms with E-state index < -0.39 is 71.0 Å². The van der Waals surface area contributed by atoms with Crippen molar-refractivity contribution < 1.29 is 49.8 Å². The van der Waals surface area contributed by atoms with Crippen LogP contribution in [-0.4, -0.2) is 29.7 Å². The minimum atomic E-state index is -5.01. The fourth-order valence-electron chi connectivity index (χ4n) is 6.56. The SMILES string of the molecule is C[C@@H](O[C@H]1CC[C@@H]([C@@H]2C[C@@](C)(NC(=O)OCc3ccccc3)C(=O)N2)[C@@H]1c1ccc(F)cc1)c1cc(C(F)(F)F)cc(C(F)(F)F)c1. The molecule has 252 valence electrons. The summed E-state index contributed by atoms with van der Waals surface area (Å²) in [6.45, 7) is 2.94. The zero-order valence-electron chi connectivity index (χ0n) is 25.4. The topological polar surface area (TPSA) is 76.7 Å². The number of halogens is 7. The van der Waals surface area contributed by atoms with Gasteiger partial charge in [-0.3, -0.25) is 4.79 Å². The number of ether oxygens (including phenoxy) is 2. The molecule has 2 aliphatic rings. The van der Waals surface area contributed by atoms with E-state index in [1.54, 1.807) is 43.3 Å². The molecule has 0 aromatic heterocycles. The highest BCUT2D eigenvalue weighted by Gasteiger charge is 2.51. The molecule has 1 saturated carbocycles. The van der Waals surface area contributed by atoms with Crippen LogP contribution in [-0.2, 0) is 33.2 Å². The van der Waals surface area contributed by atoms with E-state index in [0.29, 0.717) is 30.5 Å².